The molecule has 6 nitrogen and oxygen atoms in total. The summed E-state index contributed by atoms with van der Waals surface area (Å²) >= 11 is 1.65. The zero-order chi connectivity index (χ0) is 18.9. The molecule has 0 spiro atoms. The van der Waals surface area contributed by atoms with Gasteiger partial charge in [-0.2, -0.15) is 9.98 Å². The first-order valence-corrected chi connectivity index (χ1v) is 10.5. The monoisotopic (exact) mass is 434 g/mol. The summed E-state index contributed by atoms with van der Waals surface area (Å²) in [7, 11) is 16.1. The van der Waals surface area contributed by atoms with Crippen molar-refractivity contribution in [3.8, 4) is 0 Å². The molecule has 0 aliphatic carbocycles. The molecule has 0 radical (unpaired) electrons. The maximum atomic E-state index is 11.6. The van der Waals surface area contributed by atoms with E-state index in [2.05, 4.69) is 9.98 Å². The molecular weight excluding hydrogens is 415 g/mol. The summed E-state index contributed by atoms with van der Waals surface area (Å²) in [5.41, 5.74) is 1.30. The molecule has 136 valence electrons. The molecule has 1 rings (SSSR count). The third kappa shape index (κ3) is 8.26. The topological polar surface area (TPSA) is 65.3 Å². The van der Waals surface area contributed by atoms with Crippen LogP contribution in [-0.2, 0) is 13.1 Å². The number of halogens is 2. The normalized spacial score (nSPS) is 11.7. The fourth-order valence-electron chi connectivity index (χ4n) is 1.32. The van der Waals surface area contributed by atoms with Crippen molar-refractivity contribution in [3.63, 3.8) is 0 Å². The predicted molar refractivity (Wildman–Crippen MR) is 98.6 cm³/mol. The van der Waals surface area contributed by atoms with Gasteiger partial charge in [-0.05, 0) is 26.0 Å². The van der Waals surface area contributed by atoms with Crippen LogP contribution in [0.4, 0.5) is 9.59 Å². The number of carbonyl (C=O) groups is 2. The number of thiophene rings is 1. The van der Waals surface area contributed by atoms with E-state index in [9.17, 15) is 9.59 Å². The molecule has 24 heavy (non-hydrogen) atoms. The first kappa shape index (κ1) is 23.1. The van der Waals surface area contributed by atoms with Gasteiger partial charge < -0.3 is 9.80 Å². The number of rotatable bonds is 2. The third-order valence-electron chi connectivity index (χ3n) is 2.61. The van der Waals surface area contributed by atoms with Gasteiger partial charge in [-0.3, -0.25) is 0 Å². The average molecular weight is 435 g/mol. The molecule has 4 amide bonds. The molecule has 0 aliphatic rings. The van der Waals surface area contributed by atoms with Crippen molar-refractivity contribution in [2.24, 2.45) is 9.98 Å². The van der Waals surface area contributed by atoms with E-state index < -0.39 is 0 Å². The Morgan fingerprint density at radius 2 is 1.21 bits per heavy atom. The molecular formula is C14H20Cl2FeN4O2S. The summed E-state index contributed by atoms with van der Waals surface area (Å²) in [6.07, 6.45) is 0. The summed E-state index contributed by atoms with van der Waals surface area (Å²) in [6, 6.07) is 3.16. The Kier molecular flexibility index (Phi) is 11.2. The zero-order valence-corrected chi connectivity index (χ0v) is 17.7. The molecule has 0 atom stereocenters. The van der Waals surface area contributed by atoms with Crippen molar-refractivity contribution in [2.45, 2.75) is 13.8 Å². The van der Waals surface area contributed by atoms with Crippen LogP contribution in [0.1, 0.15) is 23.6 Å². The van der Waals surface area contributed by atoms with E-state index in [4.69, 9.17) is 20.2 Å². The van der Waals surface area contributed by atoms with Crippen LogP contribution in [0.3, 0.4) is 0 Å². The summed E-state index contributed by atoms with van der Waals surface area (Å²) < 4.78 is 0. The minimum atomic E-state index is -0.296. The number of aliphatic imine (C=N–C) groups is 2. The Labute approximate surface area is 161 Å². The molecule has 0 aliphatic heterocycles. The van der Waals surface area contributed by atoms with Crippen LogP contribution in [0, 0.1) is 0 Å². The van der Waals surface area contributed by atoms with Gasteiger partial charge in [0.15, 0.2) is 0 Å². The number of nitrogens with zero attached hydrogens (tertiary/aromatic N) is 4. The second-order valence-corrected chi connectivity index (χ2v) is 7.87. The molecule has 1 heterocycles. The minimum absolute atomic E-state index is 0.194. The van der Waals surface area contributed by atoms with Gasteiger partial charge >= 0.3 is 45.4 Å². The summed E-state index contributed by atoms with van der Waals surface area (Å²) in [5.74, 6) is 0. The van der Waals surface area contributed by atoms with E-state index in [-0.39, 0.29) is 25.2 Å². The quantitative estimate of drug-likeness (QED) is 0.519. The van der Waals surface area contributed by atoms with Crippen molar-refractivity contribution >= 4 is 55.0 Å². The van der Waals surface area contributed by atoms with E-state index in [0.717, 1.165) is 9.75 Å². The summed E-state index contributed by atoms with van der Waals surface area (Å²) in [6.45, 7) is 3.57. The molecule has 1 aromatic heterocycles. The number of carbonyl (C=O) groups excluding carboxylic acids is 2. The summed E-state index contributed by atoms with van der Waals surface area (Å²) in [4.78, 5) is 35.7. The van der Waals surface area contributed by atoms with E-state index in [1.54, 1.807) is 42.0 Å². The Morgan fingerprint density at radius 3 is 1.46 bits per heavy atom. The molecule has 0 N–H and O–H groups in total. The first-order valence-electron chi connectivity index (χ1n) is 6.62. The van der Waals surface area contributed by atoms with Gasteiger partial charge in [-0.1, -0.05) is 0 Å². The van der Waals surface area contributed by atoms with Gasteiger partial charge in [0.05, 0.1) is 11.4 Å². The zero-order valence-electron chi connectivity index (χ0n) is 14.3. The first-order chi connectivity index (χ1) is 11.1. The Morgan fingerprint density at radius 1 is 0.917 bits per heavy atom. The number of amides is 4. The third-order valence-corrected chi connectivity index (χ3v) is 3.91. The SMILES string of the molecule is C/C(=N\C(=O)N(C)C)c1ccc(/C(C)=N/C(=O)N(C)C)s1.[Cl][Fe][Cl]. The standard InChI is InChI=1S/C14H20N4O2S.2ClH.Fe/c1-9(15-13(19)17(3)4)11-7-8-12(21-11)10(2)16-14(20)18(5)6;;;/h7-8H,1-6H3;2*1H;/q;;;+2/p-2/b15-9+,16-10+;;;. The molecule has 0 aromatic carbocycles. The van der Waals surface area contributed by atoms with Crippen molar-refractivity contribution in [1.82, 2.24) is 9.80 Å². The molecule has 0 unspecified atom stereocenters. The number of hydrogen-bond acceptors (Lipinski definition) is 3. The average Bonchev–Trinajstić information content (AvgIpc) is 2.97. The molecule has 1 aromatic rings. The van der Waals surface area contributed by atoms with Crippen LogP contribution in [0.2, 0.25) is 0 Å². The predicted octanol–water partition coefficient (Wildman–Crippen LogP) is 4.11. The number of urea groups is 2. The Hall–Kier alpha value is -0.921. The Bertz CT molecular complexity index is 580. The van der Waals surface area contributed by atoms with Gasteiger partial charge in [0.1, 0.15) is 0 Å². The fourth-order valence-corrected chi connectivity index (χ4v) is 2.22. The van der Waals surface area contributed by atoms with Crippen molar-refractivity contribution < 1.29 is 22.7 Å². The molecule has 10 heteroatoms. The van der Waals surface area contributed by atoms with Gasteiger partial charge in [-0.25, -0.2) is 9.59 Å². The van der Waals surface area contributed by atoms with Crippen LogP contribution < -0.4 is 0 Å². The van der Waals surface area contributed by atoms with Crippen LogP contribution in [0.25, 0.3) is 0 Å². The molecule has 0 fully saturated rings. The van der Waals surface area contributed by atoms with Crippen LogP contribution >= 0.6 is 31.5 Å². The second-order valence-electron chi connectivity index (χ2n) is 4.96. The van der Waals surface area contributed by atoms with Crippen molar-refractivity contribution in [2.75, 3.05) is 28.2 Å². The fraction of sp³-hybridized carbons (Fsp3) is 0.429. The van der Waals surface area contributed by atoms with E-state index >= 15 is 0 Å². The van der Waals surface area contributed by atoms with E-state index in [0.29, 0.717) is 11.4 Å². The summed E-state index contributed by atoms with van der Waals surface area (Å²) in [5, 5.41) is 0. The second kappa shape index (κ2) is 11.6. The molecule has 0 bridgehead atoms. The van der Waals surface area contributed by atoms with Crippen LogP contribution in [-0.4, -0.2) is 61.5 Å². The molecule has 0 saturated carbocycles. The van der Waals surface area contributed by atoms with E-state index in [1.165, 1.54) is 21.1 Å². The van der Waals surface area contributed by atoms with Gasteiger partial charge in [0.2, 0.25) is 0 Å². The number of hydrogen-bond donors (Lipinski definition) is 0. The van der Waals surface area contributed by atoms with Crippen LogP contribution in [0.5, 0.6) is 0 Å². The van der Waals surface area contributed by atoms with Gasteiger partial charge in [0, 0.05) is 37.9 Å². The Balaban J connectivity index is 0.00000163. The molecule has 0 saturated heterocycles. The van der Waals surface area contributed by atoms with Crippen LogP contribution in [0.15, 0.2) is 22.1 Å². The van der Waals surface area contributed by atoms with Gasteiger partial charge in [0.25, 0.3) is 0 Å². The van der Waals surface area contributed by atoms with Gasteiger partial charge in [-0.15, -0.1) is 11.3 Å². The van der Waals surface area contributed by atoms with Crippen molar-refractivity contribution in [1.29, 1.82) is 0 Å². The van der Waals surface area contributed by atoms with E-state index in [1.807, 2.05) is 12.1 Å². The maximum absolute atomic E-state index is 11.6. The van der Waals surface area contributed by atoms with Crippen molar-refractivity contribution in [3.05, 3.63) is 21.9 Å².